The first-order valence-corrected chi connectivity index (χ1v) is 10.7. The fourth-order valence-electron chi connectivity index (χ4n) is 4.26. The van der Waals surface area contributed by atoms with Gasteiger partial charge in [-0.1, -0.05) is 18.2 Å². The first kappa shape index (κ1) is 19.9. The summed E-state index contributed by atoms with van der Waals surface area (Å²) >= 11 is 0. The molecule has 1 aliphatic carbocycles. The Morgan fingerprint density at radius 1 is 1.13 bits per heavy atom. The number of nitrogens with one attached hydrogen (secondary N) is 2. The van der Waals surface area contributed by atoms with Gasteiger partial charge in [0.2, 0.25) is 5.91 Å². The molecule has 1 amide bonds. The molecule has 1 saturated heterocycles. The van der Waals surface area contributed by atoms with Gasteiger partial charge in [0.1, 0.15) is 11.6 Å². The normalized spacial score (nSPS) is 18.1. The van der Waals surface area contributed by atoms with Gasteiger partial charge in [-0.2, -0.15) is 5.10 Å². The molecule has 1 aromatic heterocycles. The molecule has 0 unspecified atom stereocenters. The minimum atomic E-state index is -0.490. The molecule has 0 bridgehead atoms. The van der Waals surface area contributed by atoms with Crippen LogP contribution in [0, 0.1) is 17.0 Å². The van der Waals surface area contributed by atoms with Gasteiger partial charge < -0.3 is 10.2 Å². The van der Waals surface area contributed by atoms with Crippen LogP contribution in [0.15, 0.2) is 36.4 Å². The molecule has 7 heteroatoms. The number of halogens is 2. The average Bonchev–Trinajstić information content (AvgIpc) is 3.17. The number of rotatable bonds is 6. The van der Waals surface area contributed by atoms with Crippen molar-refractivity contribution in [3.05, 3.63) is 59.3 Å². The fraction of sp³-hybridized carbons (Fsp3) is 0.333. The van der Waals surface area contributed by atoms with E-state index in [-0.39, 0.29) is 17.4 Å². The number of aromatic nitrogens is 2. The largest absolute Gasteiger partial charge is 0.323 e. The Morgan fingerprint density at radius 2 is 1.87 bits per heavy atom. The van der Waals surface area contributed by atoms with Crippen molar-refractivity contribution in [3.63, 3.8) is 0 Å². The fourth-order valence-corrected chi connectivity index (χ4v) is 4.26. The van der Waals surface area contributed by atoms with E-state index >= 15 is 0 Å². The van der Waals surface area contributed by atoms with Gasteiger partial charge in [-0.15, -0.1) is 0 Å². The van der Waals surface area contributed by atoms with Crippen molar-refractivity contribution in [3.8, 4) is 0 Å². The Morgan fingerprint density at radius 3 is 2.58 bits per heavy atom. The van der Waals surface area contributed by atoms with Crippen LogP contribution in [-0.4, -0.2) is 40.6 Å². The predicted octanol–water partition coefficient (Wildman–Crippen LogP) is 4.83. The molecule has 1 saturated carbocycles. The molecule has 2 aromatic carbocycles. The lowest BCUT2D eigenvalue weighted by Crippen LogP contribution is -2.36. The molecule has 5 nitrogen and oxygen atoms in total. The van der Waals surface area contributed by atoms with Gasteiger partial charge in [0, 0.05) is 18.0 Å². The van der Waals surface area contributed by atoms with Gasteiger partial charge in [0.15, 0.2) is 0 Å². The predicted molar refractivity (Wildman–Crippen MR) is 117 cm³/mol. The minimum Gasteiger partial charge on any atom is -0.323 e. The number of carbonyl (C=O) groups excluding carboxylic acids is 1. The Bertz CT molecular complexity index is 1140. The number of nitrogens with zero attached hydrogens (tertiary/aromatic N) is 2. The number of amides is 1. The monoisotopic (exact) mass is 422 g/mol. The lowest BCUT2D eigenvalue weighted by atomic mass is 10.0. The summed E-state index contributed by atoms with van der Waals surface area (Å²) in [5, 5.41) is 10.6. The second-order valence-corrected chi connectivity index (χ2v) is 8.59. The summed E-state index contributed by atoms with van der Waals surface area (Å²) in [5.74, 6) is -0.892. The van der Waals surface area contributed by atoms with E-state index in [1.165, 1.54) is 31.0 Å². The smallest absolute Gasteiger partial charge is 0.231 e. The SMILES string of the molecule is O=C(Nc1cc2c(/C=C/c3ccc(F)cc3)n[nH]c2cc1F)C1(CN2CCCC2)CC1. The summed E-state index contributed by atoms with van der Waals surface area (Å²) < 4.78 is 27.7. The number of fused-ring (bicyclic) bond motifs is 1. The first-order chi connectivity index (χ1) is 15.0. The molecule has 31 heavy (non-hydrogen) atoms. The van der Waals surface area contributed by atoms with Crippen LogP contribution in [0.5, 0.6) is 0 Å². The van der Waals surface area contributed by atoms with Crippen LogP contribution >= 0.6 is 0 Å². The molecule has 0 spiro atoms. The van der Waals surface area contributed by atoms with E-state index in [0.717, 1.165) is 38.0 Å². The van der Waals surface area contributed by atoms with E-state index in [1.807, 2.05) is 6.08 Å². The maximum absolute atomic E-state index is 14.7. The molecular weight excluding hydrogens is 398 g/mol. The van der Waals surface area contributed by atoms with Crippen LogP contribution in [0.4, 0.5) is 14.5 Å². The number of anilines is 1. The Hall–Kier alpha value is -3.06. The molecular formula is C24H24F2N4O. The van der Waals surface area contributed by atoms with E-state index in [1.54, 1.807) is 24.3 Å². The van der Waals surface area contributed by atoms with Crippen LogP contribution in [0.1, 0.15) is 36.9 Å². The van der Waals surface area contributed by atoms with Gasteiger partial charge in [0.25, 0.3) is 0 Å². The molecule has 2 N–H and O–H groups in total. The third-order valence-electron chi connectivity index (χ3n) is 6.29. The summed E-state index contributed by atoms with van der Waals surface area (Å²) in [6, 6.07) is 9.10. The Labute approximate surface area is 179 Å². The highest BCUT2D eigenvalue weighted by molar-refractivity contribution is 6.00. The van der Waals surface area contributed by atoms with Crippen LogP contribution in [-0.2, 0) is 4.79 Å². The maximum atomic E-state index is 14.7. The maximum Gasteiger partial charge on any atom is 0.231 e. The summed E-state index contributed by atoms with van der Waals surface area (Å²) in [4.78, 5) is 15.3. The summed E-state index contributed by atoms with van der Waals surface area (Å²) in [5.41, 5.74) is 1.77. The van der Waals surface area contributed by atoms with Crippen LogP contribution < -0.4 is 5.32 Å². The number of hydrogen-bond donors (Lipinski definition) is 2. The van der Waals surface area contributed by atoms with Gasteiger partial charge in [-0.05, 0) is 68.6 Å². The zero-order valence-corrected chi connectivity index (χ0v) is 17.1. The lowest BCUT2D eigenvalue weighted by Gasteiger charge is -2.22. The molecule has 160 valence electrons. The Kier molecular flexibility index (Phi) is 5.06. The zero-order chi connectivity index (χ0) is 21.4. The molecule has 2 heterocycles. The summed E-state index contributed by atoms with van der Waals surface area (Å²) in [6.45, 7) is 2.82. The molecule has 2 aliphatic rings. The number of H-pyrrole nitrogens is 1. The van der Waals surface area contributed by atoms with Gasteiger partial charge in [-0.25, -0.2) is 8.78 Å². The van der Waals surface area contributed by atoms with E-state index < -0.39 is 11.2 Å². The minimum absolute atomic E-state index is 0.107. The van der Waals surface area contributed by atoms with Crippen molar-refractivity contribution in [2.24, 2.45) is 5.41 Å². The molecule has 3 aromatic rings. The van der Waals surface area contributed by atoms with Crippen LogP contribution in [0.25, 0.3) is 23.1 Å². The summed E-state index contributed by atoms with van der Waals surface area (Å²) in [7, 11) is 0. The highest BCUT2D eigenvalue weighted by Gasteiger charge is 2.51. The lowest BCUT2D eigenvalue weighted by molar-refractivity contribution is -0.121. The van der Waals surface area contributed by atoms with Gasteiger partial charge in [-0.3, -0.25) is 9.89 Å². The third kappa shape index (κ3) is 4.10. The number of carbonyl (C=O) groups is 1. The third-order valence-corrected chi connectivity index (χ3v) is 6.29. The second kappa shape index (κ2) is 7.89. The second-order valence-electron chi connectivity index (χ2n) is 8.59. The van der Waals surface area contributed by atoms with Gasteiger partial charge in [0.05, 0.1) is 22.3 Å². The number of hydrogen-bond acceptors (Lipinski definition) is 3. The van der Waals surface area contributed by atoms with Crippen molar-refractivity contribution < 1.29 is 13.6 Å². The Balaban J connectivity index is 1.36. The zero-order valence-electron chi connectivity index (χ0n) is 17.1. The topological polar surface area (TPSA) is 61.0 Å². The molecule has 5 rings (SSSR count). The number of benzene rings is 2. The van der Waals surface area contributed by atoms with E-state index in [4.69, 9.17) is 0 Å². The van der Waals surface area contributed by atoms with Crippen molar-refractivity contribution in [1.29, 1.82) is 0 Å². The number of aromatic amines is 1. The summed E-state index contributed by atoms with van der Waals surface area (Å²) in [6.07, 6.45) is 7.64. The molecule has 0 radical (unpaired) electrons. The van der Waals surface area contributed by atoms with E-state index in [9.17, 15) is 13.6 Å². The van der Waals surface area contributed by atoms with Crippen molar-refractivity contribution in [2.75, 3.05) is 25.0 Å². The van der Waals surface area contributed by atoms with E-state index in [2.05, 4.69) is 20.4 Å². The van der Waals surface area contributed by atoms with Crippen molar-refractivity contribution in [2.45, 2.75) is 25.7 Å². The van der Waals surface area contributed by atoms with Crippen LogP contribution in [0.2, 0.25) is 0 Å². The molecule has 0 atom stereocenters. The number of likely N-dealkylation sites (tertiary alicyclic amines) is 1. The first-order valence-electron chi connectivity index (χ1n) is 10.7. The van der Waals surface area contributed by atoms with E-state index in [0.29, 0.717) is 16.6 Å². The molecule has 1 aliphatic heterocycles. The average molecular weight is 422 g/mol. The van der Waals surface area contributed by atoms with Crippen LogP contribution in [0.3, 0.4) is 0 Å². The van der Waals surface area contributed by atoms with Crippen molar-refractivity contribution in [1.82, 2.24) is 15.1 Å². The highest BCUT2D eigenvalue weighted by atomic mass is 19.1. The standard InChI is InChI=1S/C24H24F2N4O/c25-17-6-3-16(4-7-17)5-8-20-18-13-22(19(26)14-21(18)29-28-20)27-23(31)24(9-10-24)15-30-11-1-2-12-30/h3-8,13-14H,1-2,9-12,15H2,(H,27,31)(H,28,29)/b8-5+. The van der Waals surface area contributed by atoms with Gasteiger partial charge >= 0.3 is 0 Å². The quantitative estimate of drug-likeness (QED) is 0.598. The highest BCUT2D eigenvalue weighted by Crippen LogP contribution is 2.47. The molecule has 2 fully saturated rings. The van der Waals surface area contributed by atoms with Crippen molar-refractivity contribution >= 4 is 34.6 Å².